The number of hydrogen-bond acceptors (Lipinski definition) is 0. The van der Waals surface area contributed by atoms with Crippen LogP contribution in [0.5, 0.6) is 0 Å². The van der Waals surface area contributed by atoms with Crippen molar-refractivity contribution in [3.8, 4) is 0 Å². The summed E-state index contributed by atoms with van der Waals surface area (Å²) in [5, 5.41) is 0. The molecule has 60 valence electrons. The monoisotopic (exact) mass is 158 g/mol. The van der Waals surface area contributed by atoms with Crippen LogP contribution in [-0.4, -0.2) is 12.5 Å². The number of rotatable bonds is 6. The van der Waals surface area contributed by atoms with E-state index in [1.807, 2.05) is 0 Å². The molecule has 1 atom stereocenters. The number of hydrogen-bond donors (Lipinski definition) is 0. The topological polar surface area (TPSA) is 0 Å². The van der Waals surface area contributed by atoms with Gasteiger partial charge in [-0.2, -0.15) is 0 Å². The first-order chi connectivity index (χ1) is 4.85. The standard InChI is InChI=1S/C9H19P/c1-4-6-9(5-2)7-8-10-3/h9H,3-8H2,1-2H3. The van der Waals surface area contributed by atoms with Crippen LogP contribution < -0.4 is 0 Å². The molecule has 1 heteroatoms. The van der Waals surface area contributed by atoms with E-state index in [1.54, 1.807) is 0 Å². The molecule has 0 fully saturated rings. The normalized spacial score (nSPS) is 13.8. The molecule has 0 aliphatic heterocycles. The molecule has 0 aliphatic rings. The molecule has 0 amide bonds. The van der Waals surface area contributed by atoms with Gasteiger partial charge in [-0.3, -0.25) is 0 Å². The molecule has 0 spiro atoms. The van der Waals surface area contributed by atoms with Gasteiger partial charge in [0.2, 0.25) is 0 Å². The predicted molar refractivity (Wildman–Crippen MR) is 52.2 cm³/mol. The largest absolute Gasteiger partial charge is 0.112 e. The fourth-order valence-electron chi connectivity index (χ4n) is 1.23. The zero-order valence-electron chi connectivity index (χ0n) is 7.27. The van der Waals surface area contributed by atoms with Crippen molar-refractivity contribution >= 4 is 14.5 Å². The van der Waals surface area contributed by atoms with Crippen LogP contribution in [0.3, 0.4) is 0 Å². The molecule has 0 aromatic carbocycles. The molecule has 0 rings (SSSR count). The third-order valence-electron chi connectivity index (χ3n) is 1.97. The Labute approximate surface area is 66.8 Å². The van der Waals surface area contributed by atoms with Gasteiger partial charge in [0, 0.05) is 0 Å². The van der Waals surface area contributed by atoms with E-state index in [-0.39, 0.29) is 0 Å². The lowest BCUT2D eigenvalue weighted by Crippen LogP contribution is -1.98. The van der Waals surface area contributed by atoms with Gasteiger partial charge in [0.25, 0.3) is 0 Å². The van der Waals surface area contributed by atoms with E-state index in [0.29, 0.717) is 0 Å². The predicted octanol–water partition coefficient (Wildman–Crippen LogP) is 3.58. The average molecular weight is 158 g/mol. The first kappa shape index (κ1) is 10.2. The lowest BCUT2D eigenvalue weighted by molar-refractivity contribution is 0.454. The summed E-state index contributed by atoms with van der Waals surface area (Å²) >= 11 is 0. The molecule has 0 nitrogen and oxygen atoms in total. The highest BCUT2D eigenvalue weighted by atomic mass is 31.1. The zero-order chi connectivity index (χ0) is 7.82. The van der Waals surface area contributed by atoms with Crippen molar-refractivity contribution in [1.82, 2.24) is 0 Å². The van der Waals surface area contributed by atoms with Crippen molar-refractivity contribution < 1.29 is 0 Å². The van der Waals surface area contributed by atoms with Crippen LogP contribution >= 0.6 is 8.20 Å². The maximum atomic E-state index is 3.82. The molecular weight excluding hydrogens is 139 g/mol. The lowest BCUT2D eigenvalue weighted by atomic mass is 9.98. The van der Waals surface area contributed by atoms with E-state index in [2.05, 4.69) is 20.1 Å². The maximum Gasteiger partial charge on any atom is -0.0109 e. The van der Waals surface area contributed by atoms with Gasteiger partial charge in [-0.1, -0.05) is 39.4 Å². The Bertz CT molecular complexity index is 78.8. The molecule has 1 unspecified atom stereocenters. The summed E-state index contributed by atoms with van der Waals surface area (Å²) in [6.45, 7) is 4.56. The highest BCUT2D eigenvalue weighted by Crippen LogP contribution is 2.16. The second-order valence-corrected chi connectivity index (χ2v) is 3.69. The van der Waals surface area contributed by atoms with Crippen LogP contribution in [-0.2, 0) is 0 Å². The summed E-state index contributed by atoms with van der Waals surface area (Å²) in [4.78, 5) is 0. The smallest absolute Gasteiger partial charge is 0.0109 e. The molecular formula is C9H19P. The Morgan fingerprint density at radius 2 is 2.00 bits per heavy atom. The van der Waals surface area contributed by atoms with Gasteiger partial charge in [0.1, 0.15) is 0 Å². The Balaban J connectivity index is 3.29. The van der Waals surface area contributed by atoms with Gasteiger partial charge in [-0.05, 0) is 18.5 Å². The van der Waals surface area contributed by atoms with Gasteiger partial charge in [0.05, 0.1) is 0 Å². The molecule has 0 saturated carbocycles. The minimum Gasteiger partial charge on any atom is -0.112 e. The highest BCUT2D eigenvalue weighted by molar-refractivity contribution is 7.36. The van der Waals surface area contributed by atoms with E-state index >= 15 is 0 Å². The van der Waals surface area contributed by atoms with Crippen molar-refractivity contribution in [3.05, 3.63) is 0 Å². The van der Waals surface area contributed by atoms with Gasteiger partial charge in [0.15, 0.2) is 0 Å². The van der Waals surface area contributed by atoms with Crippen molar-refractivity contribution in [2.45, 2.75) is 39.5 Å². The second-order valence-electron chi connectivity index (χ2n) is 2.80. The first-order valence-corrected chi connectivity index (χ1v) is 5.54. The molecule has 0 aliphatic carbocycles. The van der Waals surface area contributed by atoms with E-state index in [1.165, 1.54) is 40.0 Å². The summed E-state index contributed by atoms with van der Waals surface area (Å²) in [6.07, 6.45) is 10.6. The quantitative estimate of drug-likeness (QED) is 0.518. The van der Waals surface area contributed by atoms with Crippen molar-refractivity contribution in [3.63, 3.8) is 0 Å². The summed E-state index contributed by atoms with van der Waals surface area (Å²) in [5.41, 5.74) is 0. The van der Waals surface area contributed by atoms with Crippen LogP contribution in [0.1, 0.15) is 39.5 Å². The lowest BCUT2D eigenvalue weighted by Gasteiger charge is -2.10. The Morgan fingerprint density at radius 1 is 1.30 bits per heavy atom. The molecule has 0 radical (unpaired) electrons. The zero-order valence-corrected chi connectivity index (χ0v) is 8.16. The maximum absolute atomic E-state index is 3.82. The molecule has 0 bridgehead atoms. The molecule has 0 heterocycles. The molecule has 0 aromatic heterocycles. The molecule has 0 N–H and O–H groups in total. The summed E-state index contributed by atoms with van der Waals surface area (Å²) in [5.74, 6) is 0.972. The molecule has 0 aromatic rings. The summed E-state index contributed by atoms with van der Waals surface area (Å²) < 4.78 is 0. The summed E-state index contributed by atoms with van der Waals surface area (Å²) in [6, 6.07) is 0. The van der Waals surface area contributed by atoms with Crippen LogP contribution in [0.2, 0.25) is 0 Å². The fourth-order valence-corrected chi connectivity index (χ4v) is 1.78. The average Bonchev–Trinajstić information content (AvgIpc) is 1.98. The van der Waals surface area contributed by atoms with Gasteiger partial charge in [-0.15, -0.1) is 8.20 Å². The van der Waals surface area contributed by atoms with E-state index in [4.69, 9.17) is 0 Å². The minimum absolute atomic E-state index is 0.972. The Hall–Kier alpha value is 0.170. The van der Waals surface area contributed by atoms with Crippen LogP contribution in [0.4, 0.5) is 0 Å². The highest BCUT2D eigenvalue weighted by Gasteiger charge is 2.02. The van der Waals surface area contributed by atoms with Crippen molar-refractivity contribution in [2.75, 3.05) is 6.16 Å². The van der Waals surface area contributed by atoms with E-state index in [0.717, 1.165) is 5.92 Å². The van der Waals surface area contributed by atoms with Crippen LogP contribution in [0.15, 0.2) is 0 Å². The van der Waals surface area contributed by atoms with Gasteiger partial charge >= 0.3 is 0 Å². The minimum atomic E-state index is 0.972. The Morgan fingerprint density at radius 3 is 2.40 bits per heavy atom. The first-order valence-electron chi connectivity index (χ1n) is 4.27. The van der Waals surface area contributed by atoms with Crippen LogP contribution in [0, 0.1) is 5.92 Å². The van der Waals surface area contributed by atoms with E-state index in [9.17, 15) is 0 Å². The molecule has 0 saturated heterocycles. The SMILES string of the molecule is C=PCCC(CC)CCC. The van der Waals surface area contributed by atoms with Crippen molar-refractivity contribution in [2.24, 2.45) is 5.92 Å². The molecule has 10 heavy (non-hydrogen) atoms. The van der Waals surface area contributed by atoms with Gasteiger partial charge < -0.3 is 0 Å². The van der Waals surface area contributed by atoms with Crippen molar-refractivity contribution in [1.29, 1.82) is 0 Å². The third kappa shape index (κ3) is 4.99. The van der Waals surface area contributed by atoms with Crippen LogP contribution in [0.25, 0.3) is 0 Å². The summed E-state index contributed by atoms with van der Waals surface area (Å²) in [7, 11) is 1.31. The van der Waals surface area contributed by atoms with E-state index < -0.39 is 0 Å². The van der Waals surface area contributed by atoms with Gasteiger partial charge in [-0.25, -0.2) is 0 Å². The second kappa shape index (κ2) is 7.28. The third-order valence-corrected chi connectivity index (χ3v) is 2.54. The fraction of sp³-hybridized carbons (Fsp3) is 0.889. The Kier molecular flexibility index (Phi) is 7.40.